The van der Waals surface area contributed by atoms with Crippen molar-refractivity contribution in [1.29, 1.82) is 0 Å². The summed E-state index contributed by atoms with van der Waals surface area (Å²) in [6.45, 7) is 5.40. The normalized spacial score (nSPS) is 22.5. The molecule has 84 valence electrons. The molecule has 0 amide bonds. The second-order valence-electron chi connectivity index (χ2n) is 4.75. The Bertz CT molecular complexity index is 314. The molecular weight excluding hydrogens is 186 g/mol. The fourth-order valence-electron chi connectivity index (χ4n) is 2.58. The van der Waals surface area contributed by atoms with Crippen LogP contribution in [-0.2, 0) is 19.4 Å². The predicted molar refractivity (Wildman–Crippen MR) is 61.7 cm³/mol. The predicted octanol–water partition coefficient (Wildman–Crippen LogP) is 1.75. The monoisotopic (exact) mass is 207 g/mol. The first kappa shape index (κ1) is 10.7. The lowest BCUT2D eigenvalue weighted by Crippen LogP contribution is -2.27. The van der Waals surface area contributed by atoms with Crippen molar-refractivity contribution in [2.45, 2.75) is 52.1 Å². The van der Waals surface area contributed by atoms with Crippen LogP contribution in [0.5, 0.6) is 0 Å². The molecule has 15 heavy (non-hydrogen) atoms. The van der Waals surface area contributed by atoms with E-state index in [1.54, 1.807) is 0 Å². The van der Waals surface area contributed by atoms with E-state index in [1.165, 1.54) is 24.4 Å². The number of hydrogen-bond donors (Lipinski definition) is 1. The minimum Gasteiger partial charge on any atom is -0.332 e. The highest BCUT2D eigenvalue weighted by Crippen LogP contribution is 2.24. The summed E-state index contributed by atoms with van der Waals surface area (Å²) in [6.07, 6.45) is 6.66. The molecule has 2 atom stereocenters. The molecule has 0 aliphatic carbocycles. The maximum absolute atomic E-state index is 5.86. The average molecular weight is 207 g/mol. The third-order valence-corrected chi connectivity index (χ3v) is 3.29. The van der Waals surface area contributed by atoms with Crippen molar-refractivity contribution in [2.24, 2.45) is 11.7 Å². The zero-order valence-electron chi connectivity index (χ0n) is 9.74. The number of imidazole rings is 1. The van der Waals surface area contributed by atoms with Gasteiger partial charge in [-0.15, -0.1) is 0 Å². The van der Waals surface area contributed by atoms with Crippen molar-refractivity contribution >= 4 is 0 Å². The van der Waals surface area contributed by atoms with Crippen molar-refractivity contribution in [2.75, 3.05) is 0 Å². The average Bonchev–Trinajstić information content (AvgIpc) is 2.59. The first-order chi connectivity index (χ1) is 7.20. The highest BCUT2D eigenvalue weighted by atomic mass is 15.1. The summed E-state index contributed by atoms with van der Waals surface area (Å²) in [6, 6.07) is 0.324. The van der Waals surface area contributed by atoms with Gasteiger partial charge in [-0.1, -0.05) is 6.92 Å². The number of rotatable bonds is 3. The van der Waals surface area contributed by atoms with Crippen LogP contribution >= 0.6 is 0 Å². The summed E-state index contributed by atoms with van der Waals surface area (Å²) < 4.78 is 2.40. The first-order valence-corrected chi connectivity index (χ1v) is 5.99. The second kappa shape index (κ2) is 4.35. The SMILES string of the molecule is CCc1ncc2n1CC(CC(C)N)CC2. The zero-order valence-corrected chi connectivity index (χ0v) is 9.74. The highest BCUT2D eigenvalue weighted by molar-refractivity contribution is 5.08. The van der Waals surface area contributed by atoms with E-state index in [0.29, 0.717) is 6.04 Å². The van der Waals surface area contributed by atoms with E-state index in [0.717, 1.165) is 25.3 Å². The molecule has 0 radical (unpaired) electrons. The Labute approximate surface area is 91.7 Å². The first-order valence-electron chi connectivity index (χ1n) is 5.99. The molecule has 2 heterocycles. The van der Waals surface area contributed by atoms with Gasteiger partial charge in [0, 0.05) is 30.9 Å². The quantitative estimate of drug-likeness (QED) is 0.820. The number of fused-ring (bicyclic) bond motifs is 1. The Hall–Kier alpha value is -0.830. The Morgan fingerprint density at radius 3 is 3.13 bits per heavy atom. The van der Waals surface area contributed by atoms with Crippen LogP contribution in [0.4, 0.5) is 0 Å². The molecule has 1 aromatic rings. The molecule has 0 saturated heterocycles. The van der Waals surface area contributed by atoms with E-state index in [2.05, 4.69) is 23.4 Å². The molecule has 1 aliphatic rings. The van der Waals surface area contributed by atoms with E-state index in [4.69, 9.17) is 5.73 Å². The fraction of sp³-hybridized carbons (Fsp3) is 0.750. The van der Waals surface area contributed by atoms with Crippen molar-refractivity contribution < 1.29 is 0 Å². The Morgan fingerprint density at radius 2 is 2.47 bits per heavy atom. The Morgan fingerprint density at radius 1 is 1.67 bits per heavy atom. The van der Waals surface area contributed by atoms with Crippen molar-refractivity contribution in [3.63, 3.8) is 0 Å². The van der Waals surface area contributed by atoms with E-state index in [9.17, 15) is 0 Å². The molecule has 3 nitrogen and oxygen atoms in total. The van der Waals surface area contributed by atoms with Gasteiger partial charge in [0.1, 0.15) is 5.82 Å². The summed E-state index contributed by atoms with van der Waals surface area (Å²) in [5.74, 6) is 1.98. The second-order valence-corrected chi connectivity index (χ2v) is 4.75. The van der Waals surface area contributed by atoms with Crippen LogP contribution in [-0.4, -0.2) is 15.6 Å². The van der Waals surface area contributed by atoms with Gasteiger partial charge in [0.25, 0.3) is 0 Å². The minimum atomic E-state index is 0.324. The molecule has 0 aromatic carbocycles. The fourth-order valence-corrected chi connectivity index (χ4v) is 2.58. The van der Waals surface area contributed by atoms with Gasteiger partial charge in [-0.25, -0.2) is 4.98 Å². The van der Waals surface area contributed by atoms with E-state index < -0.39 is 0 Å². The third kappa shape index (κ3) is 2.23. The molecule has 1 aliphatic heterocycles. The molecule has 1 aromatic heterocycles. The number of aromatic nitrogens is 2. The summed E-state index contributed by atoms with van der Waals surface area (Å²) in [4.78, 5) is 4.46. The smallest absolute Gasteiger partial charge is 0.108 e. The van der Waals surface area contributed by atoms with Crippen LogP contribution in [0.2, 0.25) is 0 Å². The summed E-state index contributed by atoms with van der Waals surface area (Å²) in [5, 5.41) is 0. The van der Waals surface area contributed by atoms with E-state index >= 15 is 0 Å². The maximum Gasteiger partial charge on any atom is 0.108 e. The van der Waals surface area contributed by atoms with Crippen LogP contribution in [0, 0.1) is 5.92 Å². The van der Waals surface area contributed by atoms with Crippen molar-refractivity contribution in [3.05, 3.63) is 17.7 Å². The van der Waals surface area contributed by atoms with Crippen LogP contribution in [0.3, 0.4) is 0 Å². The lowest BCUT2D eigenvalue weighted by molar-refractivity contribution is 0.326. The van der Waals surface area contributed by atoms with Gasteiger partial charge in [0.15, 0.2) is 0 Å². The number of nitrogens with zero attached hydrogens (tertiary/aromatic N) is 2. The Balaban J connectivity index is 2.10. The summed E-state index contributed by atoms with van der Waals surface area (Å²) in [5.41, 5.74) is 7.27. The Kier molecular flexibility index (Phi) is 3.10. The molecule has 3 heteroatoms. The lowest BCUT2D eigenvalue weighted by atomic mass is 9.92. The number of hydrogen-bond acceptors (Lipinski definition) is 2. The molecular formula is C12H21N3. The van der Waals surface area contributed by atoms with Gasteiger partial charge < -0.3 is 10.3 Å². The number of nitrogens with two attached hydrogens (primary N) is 1. The molecule has 0 spiro atoms. The molecule has 2 rings (SSSR count). The van der Waals surface area contributed by atoms with Crippen molar-refractivity contribution in [1.82, 2.24) is 9.55 Å². The van der Waals surface area contributed by atoms with Crippen LogP contribution in [0.25, 0.3) is 0 Å². The van der Waals surface area contributed by atoms with Gasteiger partial charge in [0.2, 0.25) is 0 Å². The van der Waals surface area contributed by atoms with Crippen LogP contribution in [0.1, 0.15) is 38.2 Å². The molecule has 0 fully saturated rings. The zero-order chi connectivity index (χ0) is 10.8. The van der Waals surface area contributed by atoms with Gasteiger partial charge in [-0.05, 0) is 32.1 Å². The third-order valence-electron chi connectivity index (χ3n) is 3.29. The van der Waals surface area contributed by atoms with Crippen LogP contribution in [0.15, 0.2) is 6.20 Å². The van der Waals surface area contributed by atoms with Crippen LogP contribution < -0.4 is 5.73 Å². The maximum atomic E-state index is 5.86. The molecule has 0 saturated carbocycles. The molecule has 2 unspecified atom stereocenters. The van der Waals surface area contributed by atoms with Gasteiger partial charge in [0.05, 0.1) is 0 Å². The lowest BCUT2D eigenvalue weighted by Gasteiger charge is -2.26. The topological polar surface area (TPSA) is 43.8 Å². The molecule has 2 N–H and O–H groups in total. The molecule has 0 bridgehead atoms. The summed E-state index contributed by atoms with van der Waals surface area (Å²) >= 11 is 0. The van der Waals surface area contributed by atoms with E-state index in [-0.39, 0.29) is 0 Å². The van der Waals surface area contributed by atoms with Gasteiger partial charge >= 0.3 is 0 Å². The standard InChI is InChI=1S/C12H21N3/c1-3-12-14-7-11-5-4-10(6-9(2)13)8-15(11)12/h7,9-10H,3-6,8,13H2,1-2H3. The minimum absolute atomic E-state index is 0.324. The largest absolute Gasteiger partial charge is 0.332 e. The van der Waals surface area contributed by atoms with E-state index in [1.807, 2.05) is 6.20 Å². The van der Waals surface area contributed by atoms with Gasteiger partial charge in [-0.3, -0.25) is 0 Å². The highest BCUT2D eigenvalue weighted by Gasteiger charge is 2.21. The van der Waals surface area contributed by atoms with Crippen molar-refractivity contribution in [3.8, 4) is 0 Å². The number of aryl methyl sites for hydroxylation is 2. The van der Waals surface area contributed by atoms with Gasteiger partial charge in [-0.2, -0.15) is 0 Å². The summed E-state index contributed by atoms with van der Waals surface area (Å²) in [7, 11) is 0.